The zero-order valence-electron chi connectivity index (χ0n) is 17.2. The van der Waals surface area contributed by atoms with Crippen LogP contribution in [0.4, 0.5) is 0 Å². The smallest absolute Gasteiger partial charge is 0.321 e. The molecule has 0 saturated heterocycles. The minimum absolute atomic E-state index is 0.168. The Labute approximate surface area is 179 Å². The molecule has 0 saturated carbocycles. The van der Waals surface area contributed by atoms with Crippen molar-refractivity contribution in [1.29, 1.82) is 0 Å². The van der Waals surface area contributed by atoms with Crippen LogP contribution in [0.2, 0.25) is 0 Å². The second-order valence-electron chi connectivity index (χ2n) is 6.81. The van der Waals surface area contributed by atoms with Crippen molar-refractivity contribution in [3.63, 3.8) is 0 Å². The van der Waals surface area contributed by atoms with E-state index in [9.17, 15) is 4.79 Å². The van der Waals surface area contributed by atoms with Gasteiger partial charge < -0.3 is 19.2 Å². The molecule has 31 heavy (non-hydrogen) atoms. The van der Waals surface area contributed by atoms with Crippen molar-refractivity contribution >= 4 is 5.91 Å². The topological polar surface area (TPSA) is 86.5 Å². The molecule has 2 aromatic heterocycles. The Kier molecular flexibility index (Phi) is 5.93. The van der Waals surface area contributed by atoms with E-state index in [0.717, 1.165) is 22.6 Å². The molecule has 4 aromatic rings. The highest BCUT2D eigenvalue weighted by molar-refractivity contribution is 5.94. The number of furan rings is 1. The Bertz CT molecular complexity index is 1170. The van der Waals surface area contributed by atoms with Gasteiger partial charge in [0.1, 0.15) is 23.0 Å². The lowest BCUT2D eigenvalue weighted by atomic mass is 10.1. The van der Waals surface area contributed by atoms with Crippen molar-refractivity contribution in [2.24, 2.45) is 0 Å². The molecular weight excluding hydrogens is 394 g/mol. The summed E-state index contributed by atoms with van der Waals surface area (Å²) in [5.74, 6) is 2.65. The highest BCUT2D eigenvalue weighted by Crippen LogP contribution is 2.24. The van der Waals surface area contributed by atoms with Crippen LogP contribution in [-0.4, -0.2) is 23.0 Å². The first-order valence-electron chi connectivity index (χ1n) is 9.68. The Morgan fingerprint density at radius 1 is 0.968 bits per heavy atom. The normalized spacial score (nSPS) is 10.5. The Morgan fingerprint density at radius 2 is 1.71 bits per heavy atom. The van der Waals surface area contributed by atoms with Crippen LogP contribution in [0.3, 0.4) is 0 Å². The Hall–Kier alpha value is -4.13. The quantitative estimate of drug-likeness (QED) is 0.468. The first kappa shape index (κ1) is 20.2. The van der Waals surface area contributed by atoms with Crippen molar-refractivity contribution in [2.75, 3.05) is 7.11 Å². The van der Waals surface area contributed by atoms with E-state index in [1.165, 1.54) is 0 Å². The lowest BCUT2D eigenvalue weighted by molar-refractivity contribution is 0.0948. The van der Waals surface area contributed by atoms with E-state index >= 15 is 0 Å². The van der Waals surface area contributed by atoms with E-state index in [4.69, 9.17) is 13.9 Å². The maximum Gasteiger partial charge on any atom is 0.321 e. The summed E-state index contributed by atoms with van der Waals surface area (Å²) < 4.78 is 16.3. The van der Waals surface area contributed by atoms with Crippen LogP contribution in [0.25, 0.3) is 11.1 Å². The Morgan fingerprint density at radius 3 is 2.39 bits per heavy atom. The predicted octanol–water partition coefficient (Wildman–Crippen LogP) is 4.78. The van der Waals surface area contributed by atoms with E-state index in [1.807, 2.05) is 43.3 Å². The van der Waals surface area contributed by atoms with Gasteiger partial charge in [-0.15, -0.1) is 0 Å². The molecule has 0 aliphatic rings. The van der Waals surface area contributed by atoms with Crippen LogP contribution in [0.15, 0.2) is 77.5 Å². The lowest BCUT2D eigenvalue weighted by Crippen LogP contribution is -2.22. The molecule has 156 valence electrons. The molecule has 1 N–H and O–H groups in total. The number of carbonyl (C=O) groups excluding carboxylic acids is 1. The van der Waals surface area contributed by atoms with Crippen LogP contribution in [0.1, 0.15) is 21.9 Å². The molecule has 7 heteroatoms. The highest BCUT2D eigenvalue weighted by Gasteiger charge is 2.08. The average Bonchev–Trinajstić information content (AvgIpc) is 3.23. The average molecular weight is 415 g/mol. The number of aromatic nitrogens is 2. The summed E-state index contributed by atoms with van der Waals surface area (Å²) in [7, 11) is 1.60. The molecule has 0 radical (unpaired) electrons. The highest BCUT2D eigenvalue weighted by atomic mass is 16.5. The van der Waals surface area contributed by atoms with Gasteiger partial charge in [-0.05, 0) is 48.9 Å². The van der Waals surface area contributed by atoms with Crippen molar-refractivity contribution < 1.29 is 18.7 Å². The van der Waals surface area contributed by atoms with Crippen molar-refractivity contribution in [3.05, 3.63) is 90.1 Å². The van der Waals surface area contributed by atoms with E-state index in [0.29, 0.717) is 23.6 Å². The molecule has 1 amide bonds. The van der Waals surface area contributed by atoms with Gasteiger partial charge >= 0.3 is 6.01 Å². The van der Waals surface area contributed by atoms with Gasteiger partial charge in [0.15, 0.2) is 0 Å². The maximum absolute atomic E-state index is 12.3. The summed E-state index contributed by atoms with van der Waals surface area (Å²) in [6, 6.07) is 18.4. The van der Waals surface area contributed by atoms with E-state index < -0.39 is 0 Å². The third kappa shape index (κ3) is 5.08. The SMILES string of the molecule is COc1cccc(Oc2ncc(-c3ccc(C(=O)NCc4ccc(C)o4)cc3)cn2)c1. The molecule has 0 atom stereocenters. The van der Waals surface area contributed by atoms with E-state index in [-0.39, 0.29) is 11.9 Å². The fourth-order valence-corrected chi connectivity index (χ4v) is 2.95. The van der Waals surface area contributed by atoms with Gasteiger partial charge in [-0.1, -0.05) is 18.2 Å². The maximum atomic E-state index is 12.3. The van der Waals surface area contributed by atoms with Crippen LogP contribution < -0.4 is 14.8 Å². The molecule has 4 rings (SSSR count). The number of nitrogens with one attached hydrogen (secondary N) is 1. The fourth-order valence-electron chi connectivity index (χ4n) is 2.95. The molecule has 0 spiro atoms. The summed E-state index contributed by atoms with van der Waals surface area (Å²) in [6.07, 6.45) is 3.35. The van der Waals surface area contributed by atoms with Gasteiger partial charge in [0.25, 0.3) is 5.91 Å². The number of methoxy groups -OCH3 is 1. The number of carbonyl (C=O) groups is 1. The summed E-state index contributed by atoms with van der Waals surface area (Å²) in [5, 5.41) is 2.84. The molecule has 0 unspecified atom stereocenters. The standard InChI is InChI=1S/C24H21N3O4/c1-16-6-11-22(30-16)15-25-23(28)18-9-7-17(8-10-18)19-13-26-24(27-14-19)31-21-5-3-4-20(12-21)29-2/h3-14H,15H2,1-2H3,(H,25,28). The predicted molar refractivity (Wildman–Crippen MR) is 115 cm³/mol. The molecule has 0 bridgehead atoms. The van der Waals surface area contributed by atoms with Crippen LogP contribution >= 0.6 is 0 Å². The zero-order chi connectivity index (χ0) is 21.6. The zero-order valence-corrected chi connectivity index (χ0v) is 17.2. The second-order valence-corrected chi connectivity index (χ2v) is 6.81. The van der Waals surface area contributed by atoms with Gasteiger partial charge in [-0.2, -0.15) is 0 Å². The third-order valence-corrected chi connectivity index (χ3v) is 4.58. The summed E-state index contributed by atoms with van der Waals surface area (Å²) in [5.41, 5.74) is 2.27. The van der Waals surface area contributed by atoms with Gasteiger partial charge in [0.2, 0.25) is 0 Å². The van der Waals surface area contributed by atoms with Crippen LogP contribution in [-0.2, 0) is 6.54 Å². The number of hydrogen-bond donors (Lipinski definition) is 1. The lowest BCUT2D eigenvalue weighted by Gasteiger charge is -2.07. The molecule has 0 aliphatic carbocycles. The van der Waals surface area contributed by atoms with E-state index in [1.54, 1.807) is 43.8 Å². The van der Waals surface area contributed by atoms with Crippen molar-refractivity contribution in [2.45, 2.75) is 13.5 Å². The molecule has 7 nitrogen and oxygen atoms in total. The van der Waals surface area contributed by atoms with Gasteiger partial charge in [-0.25, -0.2) is 9.97 Å². The number of nitrogens with zero attached hydrogens (tertiary/aromatic N) is 2. The minimum Gasteiger partial charge on any atom is -0.497 e. The first-order chi connectivity index (χ1) is 15.1. The molecule has 0 aliphatic heterocycles. The minimum atomic E-state index is -0.168. The number of benzene rings is 2. The first-order valence-corrected chi connectivity index (χ1v) is 9.68. The van der Waals surface area contributed by atoms with Crippen molar-refractivity contribution in [3.8, 4) is 28.6 Å². The van der Waals surface area contributed by atoms with Crippen LogP contribution in [0, 0.1) is 6.92 Å². The fraction of sp³-hybridized carbons (Fsp3) is 0.125. The molecular formula is C24H21N3O4. The monoisotopic (exact) mass is 415 g/mol. The van der Waals surface area contributed by atoms with Gasteiger partial charge in [0, 0.05) is 29.6 Å². The van der Waals surface area contributed by atoms with Crippen LogP contribution in [0.5, 0.6) is 17.5 Å². The summed E-state index contributed by atoms with van der Waals surface area (Å²) in [6.45, 7) is 2.21. The number of ether oxygens (including phenoxy) is 2. The molecule has 0 fully saturated rings. The third-order valence-electron chi connectivity index (χ3n) is 4.58. The van der Waals surface area contributed by atoms with E-state index in [2.05, 4.69) is 15.3 Å². The largest absolute Gasteiger partial charge is 0.497 e. The van der Waals surface area contributed by atoms with Gasteiger partial charge in [-0.3, -0.25) is 4.79 Å². The summed E-state index contributed by atoms with van der Waals surface area (Å²) in [4.78, 5) is 20.9. The van der Waals surface area contributed by atoms with Gasteiger partial charge in [0.05, 0.1) is 13.7 Å². The molecule has 2 heterocycles. The Balaban J connectivity index is 1.38. The number of rotatable bonds is 7. The number of aryl methyl sites for hydroxylation is 1. The van der Waals surface area contributed by atoms with Crippen molar-refractivity contribution in [1.82, 2.24) is 15.3 Å². The number of hydrogen-bond acceptors (Lipinski definition) is 6. The second kappa shape index (κ2) is 9.13. The number of amides is 1. The molecule has 2 aromatic carbocycles. The summed E-state index contributed by atoms with van der Waals surface area (Å²) >= 11 is 0.